The highest BCUT2D eigenvalue weighted by molar-refractivity contribution is 9.10. The van der Waals surface area contributed by atoms with Gasteiger partial charge in [-0.2, -0.15) is 0 Å². The van der Waals surface area contributed by atoms with Crippen molar-refractivity contribution in [3.8, 4) is 0 Å². The van der Waals surface area contributed by atoms with Crippen molar-refractivity contribution in [2.24, 2.45) is 0 Å². The van der Waals surface area contributed by atoms with Crippen LogP contribution in [0.3, 0.4) is 0 Å². The highest BCUT2D eigenvalue weighted by Crippen LogP contribution is 2.21. The normalized spacial score (nSPS) is 10.4. The molecule has 1 aromatic carbocycles. The van der Waals surface area contributed by atoms with E-state index in [0.717, 1.165) is 25.5 Å². The fourth-order valence-electron chi connectivity index (χ4n) is 1.88. The van der Waals surface area contributed by atoms with Crippen LogP contribution in [0.25, 0.3) is 0 Å². The molecule has 0 spiro atoms. The minimum Gasteiger partial charge on any atom is -0.326 e. The van der Waals surface area contributed by atoms with Gasteiger partial charge in [0.2, 0.25) is 5.91 Å². The lowest BCUT2D eigenvalue weighted by Crippen LogP contribution is -2.13. The van der Waals surface area contributed by atoms with Crippen molar-refractivity contribution >= 4 is 44.6 Å². The molecule has 3 nitrogen and oxygen atoms in total. The molecule has 0 radical (unpaired) electrons. The van der Waals surface area contributed by atoms with E-state index in [-0.39, 0.29) is 24.5 Å². The molecule has 1 heterocycles. The largest absolute Gasteiger partial charge is 0.326 e. The van der Waals surface area contributed by atoms with Crippen molar-refractivity contribution in [2.45, 2.75) is 26.7 Å². The first-order chi connectivity index (χ1) is 9.95. The van der Waals surface area contributed by atoms with Gasteiger partial charge in [0.25, 0.3) is 0 Å². The summed E-state index contributed by atoms with van der Waals surface area (Å²) in [7, 11) is 0. The number of carbonyl (C=O) groups is 2. The average Bonchev–Trinajstić information content (AvgIpc) is 2.87. The number of amides is 1. The van der Waals surface area contributed by atoms with Gasteiger partial charge in [0.1, 0.15) is 0 Å². The van der Waals surface area contributed by atoms with Crippen LogP contribution in [-0.4, -0.2) is 11.7 Å². The van der Waals surface area contributed by atoms with Gasteiger partial charge in [-0.15, -0.1) is 11.3 Å². The maximum absolute atomic E-state index is 11.9. The van der Waals surface area contributed by atoms with Crippen molar-refractivity contribution in [3.05, 3.63) is 50.1 Å². The summed E-state index contributed by atoms with van der Waals surface area (Å²) in [6.45, 7) is 3.92. The summed E-state index contributed by atoms with van der Waals surface area (Å²) in [6.07, 6.45) is 0.437. The molecular weight excluding hydrogens is 350 g/mol. The van der Waals surface area contributed by atoms with Gasteiger partial charge in [0.05, 0.1) is 4.88 Å². The fraction of sp³-hybridized carbons (Fsp3) is 0.250. The number of Topliss-reactive ketones (excluding diaryl/α,β-unsaturated/α-hetero) is 1. The Balaban J connectivity index is 1.87. The number of anilines is 1. The van der Waals surface area contributed by atoms with Crippen LogP contribution in [0.5, 0.6) is 0 Å². The molecule has 0 aliphatic carbocycles. The van der Waals surface area contributed by atoms with E-state index in [1.165, 1.54) is 11.3 Å². The number of halogens is 1. The van der Waals surface area contributed by atoms with Crippen LogP contribution < -0.4 is 5.32 Å². The molecule has 0 saturated carbocycles. The van der Waals surface area contributed by atoms with Crippen LogP contribution in [-0.2, 0) is 4.79 Å². The zero-order chi connectivity index (χ0) is 15.4. The first-order valence-electron chi connectivity index (χ1n) is 6.61. The predicted octanol–water partition coefficient (Wildman–Crippen LogP) is 4.73. The Bertz CT molecular complexity index is 679. The highest BCUT2D eigenvalue weighted by atomic mass is 79.9. The van der Waals surface area contributed by atoms with Crippen LogP contribution in [0.2, 0.25) is 0 Å². The van der Waals surface area contributed by atoms with Gasteiger partial charge in [-0.05, 0) is 49.7 Å². The second-order valence-electron chi connectivity index (χ2n) is 4.85. The van der Waals surface area contributed by atoms with Crippen molar-refractivity contribution in [2.75, 3.05) is 5.32 Å². The molecule has 2 aromatic rings. The van der Waals surface area contributed by atoms with E-state index >= 15 is 0 Å². The number of ketones is 1. The molecule has 1 N–H and O–H groups in total. The van der Waals surface area contributed by atoms with Crippen molar-refractivity contribution < 1.29 is 9.59 Å². The number of thiophene rings is 1. The Kier molecular flexibility index (Phi) is 5.31. The lowest BCUT2D eigenvalue weighted by atomic mass is 10.1. The number of carbonyl (C=O) groups excluding carboxylic acids is 2. The Labute approximate surface area is 136 Å². The predicted molar refractivity (Wildman–Crippen MR) is 90.1 cm³/mol. The van der Waals surface area contributed by atoms with E-state index in [2.05, 4.69) is 21.2 Å². The molecule has 1 amide bonds. The molecule has 0 aliphatic heterocycles. The van der Waals surface area contributed by atoms with Crippen molar-refractivity contribution in [1.29, 1.82) is 0 Å². The number of hydrogen-bond donors (Lipinski definition) is 1. The van der Waals surface area contributed by atoms with Gasteiger partial charge in [0.15, 0.2) is 5.78 Å². The van der Waals surface area contributed by atoms with E-state index in [4.69, 9.17) is 0 Å². The Morgan fingerprint density at radius 3 is 2.52 bits per heavy atom. The average molecular weight is 366 g/mol. The standard InChI is InChI=1S/C16H16BrNO2S/c1-10-9-12(4-5-13(10)17)18-16(20)8-6-14(19)15-7-3-11(2)21-15/h3-5,7,9H,6,8H2,1-2H3,(H,18,20). The molecule has 0 aliphatic rings. The van der Waals surface area contributed by atoms with E-state index < -0.39 is 0 Å². The van der Waals surface area contributed by atoms with E-state index in [1.807, 2.05) is 44.2 Å². The summed E-state index contributed by atoms with van der Waals surface area (Å²) >= 11 is 4.89. The molecule has 110 valence electrons. The molecule has 5 heteroatoms. The fourth-order valence-corrected chi connectivity index (χ4v) is 2.96. The number of nitrogens with one attached hydrogen (secondary N) is 1. The molecule has 0 saturated heterocycles. The minimum absolute atomic E-state index is 0.0234. The van der Waals surface area contributed by atoms with E-state index in [1.54, 1.807) is 0 Å². The first-order valence-corrected chi connectivity index (χ1v) is 8.22. The van der Waals surface area contributed by atoms with Crippen LogP contribution >= 0.6 is 27.3 Å². The van der Waals surface area contributed by atoms with Gasteiger partial charge in [-0.25, -0.2) is 0 Å². The van der Waals surface area contributed by atoms with E-state index in [0.29, 0.717) is 0 Å². The second kappa shape index (κ2) is 7.00. The SMILES string of the molecule is Cc1ccc(C(=O)CCC(=O)Nc2ccc(Br)c(C)c2)s1. The van der Waals surface area contributed by atoms with Gasteiger partial charge in [0, 0.05) is 27.9 Å². The molecule has 0 bridgehead atoms. The summed E-state index contributed by atoms with van der Waals surface area (Å²) in [5.74, 6) is -0.117. The summed E-state index contributed by atoms with van der Waals surface area (Å²) < 4.78 is 1.00. The number of benzene rings is 1. The Morgan fingerprint density at radius 1 is 1.14 bits per heavy atom. The minimum atomic E-state index is -0.140. The maximum Gasteiger partial charge on any atom is 0.224 e. The van der Waals surface area contributed by atoms with Crippen LogP contribution in [0.15, 0.2) is 34.8 Å². The molecule has 0 unspecified atom stereocenters. The molecule has 1 aromatic heterocycles. The van der Waals surface area contributed by atoms with Gasteiger partial charge >= 0.3 is 0 Å². The van der Waals surface area contributed by atoms with Crippen molar-refractivity contribution in [3.63, 3.8) is 0 Å². The zero-order valence-corrected chi connectivity index (χ0v) is 14.3. The molecular formula is C16H16BrNO2S. The Hall–Kier alpha value is -1.46. The number of aryl methyl sites for hydroxylation is 2. The van der Waals surface area contributed by atoms with Gasteiger partial charge in [-0.3, -0.25) is 9.59 Å². The lowest BCUT2D eigenvalue weighted by Gasteiger charge is -2.06. The smallest absolute Gasteiger partial charge is 0.224 e. The van der Waals surface area contributed by atoms with Crippen LogP contribution in [0, 0.1) is 13.8 Å². The third kappa shape index (κ3) is 4.51. The van der Waals surface area contributed by atoms with Gasteiger partial charge in [-0.1, -0.05) is 15.9 Å². The summed E-state index contributed by atoms with van der Waals surface area (Å²) in [6, 6.07) is 9.36. The van der Waals surface area contributed by atoms with Crippen LogP contribution in [0.1, 0.15) is 33.0 Å². The topological polar surface area (TPSA) is 46.2 Å². The van der Waals surface area contributed by atoms with E-state index in [9.17, 15) is 9.59 Å². The quantitative estimate of drug-likeness (QED) is 0.778. The molecule has 0 fully saturated rings. The summed E-state index contributed by atoms with van der Waals surface area (Å²) in [5, 5.41) is 2.81. The molecule has 21 heavy (non-hydrogen) atoms. The van der Waals surface area contributed by atoms with Gasteiger partial charge < -0.3 is 5.32 Å². The third-order valence-electron chi connectivity index (χ3n) is 3.04. The zero-order valence-electron chi connectivity index (χ0n) is 11.9. The lowest BCUT2D eigenvalue weighted by molar-refractivity contribution is -0.116. The first kappa shape index (κ1) is 15.9. The monoisotopic (exact) mass is 365 g/mol. The molecule has 2 rings (SSSR count). The summed E-state index contributed by atoms with van der Waals surface area (Å²) in [5.41, 5.74) is 1.80. The van der Waals surface area contributed by atoms with Crippen molar-refractivity contribution in [1.82, 2.24) is 0 Å². The highest BCUT2D eigenvalue weighted by Gasteiger charge is 2.11. The Morgan fingerprint density at radius 2 is 1.90 bits per heavy atom. The maximum atomic E-state index is 11.9. The third-order valence-corrected chi connectivity index (χ3v) is 4.97. The van der Waals surface area contributed by atoms with Crippen LogP contribution in [0.4, 0.5) is 5.69 Å². The molecule has 0 atom stereocenters. The number of hydrogen-bond acceptors (Lipinski definition) is 3. The summed E-state index contributed by atoms with van der Waals surface area (Å²) in [4.78, 5) is 25.6. The second-order valence-corrected chi connectivity index (χ2v) is 6.99. The number of rotatable bonds is 5.